The fourth-order valence-electron chi connectivity index (χ4n) is 2.18. The average molecular weight is 322 g/mol. The summed E-state index contributed by atoms with van der Waals surface area (Å²) in [6.07, 6.45) is 5.83. The zero-order valence-electron chi connectivity index (χ0n) is 12.7. The number of hydrogen-bond acceptors (Lipinski definition) is 5. The van der Waals surface area contributed by atoms with Gasteiger partial charge in [-0.15, -0.1) is 0 Å². The number of hydrogen-bond donors (Lipinski definition) is 2. The van der Waals surface area contributed by atoms with Gasteiger partial charge in [-0.3, -0.25) is 5.10 Å². The van der Waals surface area contributed by atoms with Gasteiger partial charge in [-0.2, -0.15) is 5.10 Å². The minimum atomic E-state index is -3.15. The third kappa shape index (κ3) is 4.92. The van der Waals surface area contributed by atoms with Crippen LogP contribution in [0.15, 0.2) is 29.2 Å². The molecule has 120 valence electrons. The molecule has 0 saturated carbocycles. The van der Waals surface area contributed by atoms with Crippen molar-refractivity contribution in [2.45, 2.75) is 37.0 Å². The van der Waals surface area contributed by atoms with Crippen LogP contribution in [0.25, 0.3) is 0 Å². The molecule has 0 fully saturated rings. The number of nitrogens with two attached hydrogens (primary N) is 1. The Hall–Kier alpha value is -1.73. The Labute approximate surface area is 131 Å². The highest BCUT2D eigenvalue weighted by Crippen LogP contribution is 2.12. The molecule has 0 aliphatic carbocycles. The van der Waals surface area contributed by atoms with Gasteiger partial charge < -0.3 is 5.73 Å². The van der Waals surface area contributed by atoms with Gasteiger partial charge in [0.25, 0.3) is 0 Å². The molecule has 1 heterocycles. The Kier molecular flexibility index (Phi) is 5.68. The van der Waals surface area contributed by atoms with Gasteiger partial charge in [-0.1, -0.05) is 18.6 Å². The minimum Gasteiger partial charge on any atom is -0.330 e. The molecule has 0 atom stereocenters. The molecule has 6 nitrogen and oxygen atoms in total. The first-order valence-electron chi connectivity index (χ1n) is 7.38. The van der Waals surface area contributed by atoms with E-state index in [2.05, 4.69) is 15.2 Å². The lowest BCUT2D eigenvalue weighted by Gasteiger charge is -2.01. The van der Waals surface area contributed by atoms with Gasteiger partial charge in [0.1, 0.15) is 5.82 Å². The molecule has 0 radical (unpaired) electrons. The predicted octanol–water partition coefficient (Wildman–Crippen LogP) is 1.47. The fraction of sp³-hybridized carbons (Fsp3) is 0.467. The molecule has 0 unspecified atom stereocenters. The number of nitrogens with one attached hydrogen (secondary N) is 1. The molecule has 2 aromatic rings. The minimum absolute atomic E-state index is 0.328. The van der Waals surface area contributed by atoms with Crippen LogP contribution in [0, 0.1) is 0 Å². The second kappa shape index (κ2) is 7.51. The summed E-state index contributed by atoms with van der Waals surface area (Å²) < 4.78 is 22.8. The van der Waals surface area contributed by atoms with E-state index in [-0.39, 0.29) is 0 Å². The van der Waals surface area contributed by atoms with E-state index in [0.717, 1.165) is 49.4 Å². The van der Waals surface area contributed by atoms with Gasteiger partial charge in [-0.05, 0) is 37.1 Å². The van der Waals surface area contributed by atoms with Crippen molar-refractivity contribution >= 4 is 9.84 Å². The average Bonchev–Trinajstić information content (AvgIpc) is 2.91. The Morgan fingerprint density at radius 1 is 1.14 bits per heavy atom. The summed E-state index contributed by atoms with van der Waals surface area (Å²) in [5, 5.41) is 7.14. The van der Waals surface area contributed by atoms with Crippen LogP contribution in [0.3, 0.4) is 0 Å². The number of aromatic nitrogens is 3. The third-order valence-electron chi connectivity index (χ3n) is 3.41. The lowest BCUT2D eigenvalue weighted by Crippen LogP contribution is -1.99. The van der Waals surface area contributed by atoms with Crippen LogP contribution in [-0.2, 0) is 22.7 Å². The van der Waals surface area contributed by atoms with Crippen molar-refractivity contribution in [2.75, 3.05) is 12.8 Å². The summed E-state index contributed by atoms with van der Waals surface area (Å²) in [6, 6.07) is 6.85. The van der Waals surface area contributed by atoms with E-state index >= 15 is 0 Å². The molecule has 2 rings (SSSR count). The van der Waals surface area contributed by atoms with Crippen LogP contribution in [0.4, 0.5) is 0 Å². The number of benzene rings is 1. The summed E-state index contributed by atoms with van der Waals surface area (Å²) in [5.74, 6) is 1.61. The molecule has 0 bridgehead atoms. The van der Waals surface area contributed by atoms with E-state index in [0.29, 0.717) is 11.3 Å². The molecule has 3 N–H and O–H groups in total. The normalized spacial score (nSPS) is 11.7. The molecule has 0 aliphatic rings. The highest BCUT2D eigenvalue weighted by molar-refractivity contribution is 7.90. The molecule has 0 saturated heterocycles. The van der Waals surface area contributed by atoms with Crippen LogP contribution >= 0.6 is 0 Å². The number of aryl methyl sites for hydroxylation is 1. The molecular weight excluding hydrogens is 300 g/mol. The number of nitrogens with zero attached hydrogens (tertiary/aromatic N) is 2. The molecule has 1 aromatic heterocycles. The highest BCUT2D eigenvalue weighted by atomic mass is 32.2. The van der Waals surface area contributed by atoms with Gasteiger partial charge in [0, 0.05) is 19.1 Å². The van der Waals surface area contributed by atoms with Gasteiger partial charge in [-0.25, -0.2) is 13.4 Å². The second-order valence-electron chi connectivity index (χ2n) is 5.39. The quantitative estimate of drug-likeness (QED) is 0.717. The van der Waals surface area contributed by atoms with Crippen LogP contribution in [0.5, 0.6) is 0 Å². The van der Waals surface area contributed by atoms with Crippen molar-refractivity contribution in [3.63, 3.8) is 0 Å². The summed E-state index contributed by atoms with van der Waals surface area (Å²) in [6.45, 7) is 0.725. The highest BCUT2D eigenvalue weighted by Gasteiger charge is 2.08. The lowest BCUT2D eigenvalue weighted by molar-refractivity contribution is 0.602. The van der Waals surface area contributed by atoms with E-state index in [4.69, 9.17) is 5.73 Å². The van der Waals surface area contributed by atoms with Crippen molar-refractivity contribution in [1.29, 1.82) is 0 Å². The van der Waals surface area contributed by atoms with Gasteiger partial charge in [0.15, 0.2) is 15.7 Å². The molecular formula is C15H22N4O2S. The molecule has 1 aromatic carbocycles. The molecule has 0 aliphatic heterocycles. The first kappa shape index (κ1) is 16.6. The van der Waals surface area contributed by atoms with Crippen molar-refractivity contribution in [1.82, 2.24) is 15.2 Å². The Balaban J connectivity index is 1.92. The van der Waals surface area contributed by atoms with Crippen molar-refractivity contribution in [2.24, 2.45) is 5.73 Å². The number of H-pyrrole nitrogens is 1. The maximum Gasteiger partial charge on any atom is 0.175 e. The smallest absolute Gasteiger partial charge is 0.175 e. The zero-order valence-corrected chi connectivity index (χ0v) is 13.6. The van der Waals surface area contributed by atoms with Crippen molar-refractivity contribution in [3.8, 4) is 0 Å². The number of aromatic amines is 1. The first-order valence-corrected chi connectivity index (χ1v) is 9.27. The summed E-state index contributed by atoms with van der Waals surface area (Å²) in [7, 11) is -3.15. The van der Waals surface area contributed by atoms with E-state index in [1.54, 1.807) is 24.3 Å². The Morgan fingerprint density at radius 3 is 2.50 bits per heavy atom. The first-order chi connectivity index (χ1) is 10.5. The second-order valence-corrected chi connectivity index (χ2v) is 7.41. The van der Waals surface area contributed by atoms with Crippen molar-refractivity contribution in [3.05, 3.63) is 41.5 Å². The maximum atomic E-state index is 11.4. The van der Waals surface area contributed by atoms with Gasteiger partial charge in [0.05, 0.1) is 4.90 Å². The van der Waals surface area contributed by atoms with E-state index < -0.39 is 9.84 Å². The van der Waals surface area contributed by atoms with Crippen LogP contribution in [-0.4, -0.2) is 36.4 Å². The Bertz CT molecular complexity index is 693. The SMILES string of the molecule is CS(=O)(=O)c1ccc(Cc2nc(CCCCCN)n[nH]2)cc1. The summed E-state index contributed by atoms with van der Waals surface area (Å²) in [5.41, 5.74) is 6.46. The summed E-state index contributed by atoms with van der Waals surface area (Å²) in [4.78, 5) is 4.79. The molecule has 0 amide bonds. The van der Waals surface area contributed by atoms with Gasteiger partial charge >= 0.3 is 0 Å². The summed E-state index contributed by atoms with van der Waals surface area (Å²) >= 11 is 0. The Morgan fingerprint density at radius 2 is 1.86 bits per heavy atom. The largest absolute Gasteiger partial charge is 0.330 e. The topological polar surface area (TPSA) is 102 Å². The lowest BCUT2D eigenvalue weighted by atomic mass is 10.1. The maximum absolute atomic E-state index is 11.4. The fourth-order valence-corrected chi connectivity index (χ4v) is 2.81. The zero-order chi connectivity index (χ0) is 16.0. The molecule has 7 heteroatoms. The number of unbranched alkanes of at least 4 members (excludes halogenated alkanes) is 2. The number of sulfone groups is 1. The standard InChI is InChI=1S/C15H22N4O2S/c1-22(20,21)13-8-6-12(7-9-13)11-15-17-14(18-19-15)5-3-2-4-10-16/h6-9H,2-5,10-11,16H2,1H3,(H,17,18,19). The van der Waals surface area contributed by atoms with Crippen LogP contribution in [0.1, 0.15) is 36.5 Å². The van der Waals surface area contributed by atoms with E-state index in [1.807, 2.05) is 0 Å². The van der Waals surface area contributed by atoms with Crippen LogP contribution in [0.2, 0.25) is 0 Å². The van der Waals surface area contributed by atoms with Crippen molar-refractivity contribution < 1.29 is 8.42 Å². The van der Waals surface area contributed by atoms with E-state index in [9.17, 15) is 8.42 Å². The van der Waals surface area contributed by atoms with Gasteiger partial charge in [0.2, 0.25) is 0 Å². The molecule has 22 heavy (non-hydrogen) atoms. The predicted molar refractivity (Wildman–Crippen MR) is 85.3 cm³/mol. The van der Waals surface area contributed by atoms with Crippen LogP contribution < -0.4 is 5.73 Å². The van der Waals surface area contributed by atoms with E-state index in [1.165, 1.54) is 6.26 Å². The molecule has 0 spiro atoms. The monoisotopic (exact) mass is 322 g/mol. The number of rotatable bonds is 8. The third-order valence-corrected chi connectivity index (χ3v) is 4.53.